The molecule has 0 aliphatic carbocycles. The Hall–Kier alpha value is -0.290. The Bertz CT molecular complexity index is 408. The standard InChI is InChI=1S/C13H21ClN2OS/c1-6-13(5,16-18(17)12(2,3)4)10-7-8-15-11(14)9-10/h7-9,16H,6H2,1-5H3. The highest BCUT2D eigenvalue weighted by Crippen LogP contribution is 2.29. The number of hydrogen-bond acceptors (Lipinski definition) is 3. The van der Waals surface area contributed by atoms with Gasteiger partial charge in [-0.15, -0.1) is 4.72 Å². The minimum absolute atomic E-state index is 0.298. The molecule has 0 aliphatic heterocycles. The van der Waals surface area contributed by atoms with Crippen LogP contribution in [0.1, 0.15) is 46.6 Å². The maximum Gasteiger partial charge on any atom is 0.136 e. The molecule has 1 rings (SSSR count). The van der Waals surface area contributed by atoms with Crippen LogP contribution in [0.15, 0.2) is 18.3 Å². The molecular weight excluding hydrogens is 268 g/mol. The lowest BCUT2D eigenvalue weighted by molar-refractivity contribution is 0.408. The van der Waals surface area contributed by atoms with Gasteiger partial charge in [0.05, 0.1) is 5.54 Å². The molecule has 18 heavy (non-hydrogen) atoms. The molecule has 5 heteroatoms. The molecule has 2 unspecified atom stereocenters. The third-order valence-electron chi connectivity index (χ3n) is 2.94. The SMILES string of the molecule is CCC(C)(N[S+]([O-])C(C)(C)C)c1ccnc(Cl)c1. The number of nitrogens with one attached hydrogen (secondary N) is 1. The summed E-state index contributed by atoms with van der Waals surface area (Å²) in [4.78, 5) is 3.98. The van der Waals surface area contributed by atoms with Crippen molar-refractivity contribution in [1.29, 1.82) is 0 Å². The van der Waals surface area contributed by atoms with Gasteiger partial charge in [-0.2, -0.15) is 0 Å². The highest BCUT2D eigenvalue weighted by atomic mass is 35.5. The lowest BCUT2D eigenvalue weighted by atomic mass is 9.91. The van der Waals surface area contributed by atoms with E-state index >= 15 is 0 Å². The van der Waals surface area contributed by atoms with Crippen molar-refractivity contribution in [2.45, 2.75) is 51.3 Å². The van der Waals surface area contributed by atoms with E-state index in [1.807, 2.05) is 39.8 Å². The Labute approximate surface area is 118 Å². The summed E-state index contributed by atoms with van der Waals surface area (Å²) in [6.45, 7) is 9.94. The Morgan fingerprint density at radius 1 is 1.39 bits per heavy atom. The van der Waals surface area contributed by atoms with Crippen LogP contribution in [-0.4, -0.2) is 14.3 Å². The van der Waals surface area contributed by atoms with Gasteiger partial charge in [0.15, 0.2) is 0 Å². The molecule has 0 spiro atoms. The summed E-state index contributed by atoms with van der Waals surface area (Å²) in [5.41, 5.74) is 0.632. The number of hydrogen-bond donors (Lipinski definition) is 1. The van der Waals surface area contributed by atoms with Gasteiger partial charge in [0.1, 0.15) is 9.90 Å². The fourth-order valence-electron chi connectivity index (χ4n) is 1.44. The quantitative estimate of drug-likeness (QED) is 0.682. The first kappa shape index (κ1) is 15.8. The average Bonchev–Trinajstić information content (AvgIpc) is 2.27. The number of nitrogens with zero attached hydrogens (tertiary/aromatic N) is 1. The molecule has 1 heterocycles. The number of aromatic nitrogens is 1. The zero-order chi connectivity index (χ0) is 14.0. The zero-order valence-electron chi connectivity index (χ0n) is 11.6. The Morgan fingerprint density at radius 2 is 2.00 bits per heavy atom. The molecule has 1 N–H and O–H groups in total. The summed E-state index contributed by atoms with van der Waals surface area (Å²) in [5.74, 6) is 0. The first-order valence-corrected chi connectivity index (χ1v) is 7.53. The predicted octanol–water partition coefficient (Wildman–Crippen LogP) is 3.41. The van der Waals surface area contributed by atoms with Gasteiger partial charge in [-0.1, -0.05) is 18.5 Å². The van der Waals surface area contributed by atoms with Crippen LogP contribution in [0.4, 0.5) is 0 Å². The van der Waals surface area contributed by atoms with Gasteiger partial charge >= 0.3 is 0 Å². The molecule has 0 saturated heterocycles. The summed E-state index contributed by atoms with van der Waals surface area (Å²) < 4.78 is 15.2. The summed E-state index contributed by atoms with van der Waals surface area (Å²) in [6.07, 6.45) is 2.49. The number of rotatable bonds is 4. The second kappa shape index (κ2) is 5.78. The third kappa shape index (κ3) is 3.85. The predicted molar refractivity (Wildman–Crippen MR) is 77.9 cm³/mol. The Kier molecular flexibility index (Phi) is 5.06. The topological polar surface area (TPSA) is 48.0 Å². The maximum absolute atomic E-state index is 12.2. The highest BCUT2D eigenvalue weighted by Gasteiger charge is 2.36. The van der Waals surface area contributed by atoms with Crippen LogP contribution in [0.3, 0.4) is 0 Å². The van der Waals surface area contributed by atoms with E-state index in [0.29, 0.717) is 5.15 Å². The van der Waals surface area contributed by atoms with Crippen molar-refractivity contribution in [2.75, 3.05) is 0 Å². The van der Waals surface area contributed by atoms with E-state index in [1.165, 1.54) is 0 Å². The third-order valence-corrected chi connectivity index (χ3v) is 4.90. The minimum atomic E-state index is -1.13. The van der Waals surface area contributed by atoms with E-state index in [2.05, 4.69) is 16.6 Å². The van der Waals surface area contributed by atoms with Gasteiger partial charge < -0.3 is 4.55 Å². The van der Waals surface area contributed by atoms with Gasteiger partial charge in [0, 0.05) is 17.6 Å². The lowest BCUT2D eigenvalue weighted by Gasteiger charge is -2.34. The van der Waals surface area contributed by atoms with E-state index in [0.717, 1.165) is 12.0 Å². The van der Waals surface area contributed by atoms with Gasteiger partial charge in [0.25, 0.3) is 0 Å². The smallest absolute Gasteiger partial charge is 0.136 e. The van der Waals surface area contributed by atoms with Crippen LogP contribution in [0, 0.1) is 0 Å². The second-order valence-electron chi connectivity index (χ2n) is 5.54. The molecule has 0 aromatic carbocycles. The van der Waals surface area contributed by atoms with Crippen molar-refractivity contribution in [3.8, 4) is 0 Å². The molecule has 102 valence electrons. The molecule has 0 fully saturated rings. The average molecular weight is 289 g/mol. The first-order valence-electron chi connectivity index (χ1n) is 6.01. The van der Waals surface area contributed by atoms with E-state index in [1.54, 1.807) is 6.20 Å². The van der Waals surface area contributed by atoms with Crippen LogP contribution >= 0.6 is 11.6 Å². The molecule has 2 atom stereocenters. The van der Waals surface area contributed by atoms with Gasteiger partial charge in [-0.3, -0.25) is 0 Å². The fraction of sp³-hybridized carbons (Fsp3) is 0.615. The monoisotopic (exact) mass is 288 g/mol. The minimum Gasteiger partial charge on any atom is -0.598 e. The molecular formula is C13H21ClN2OS. The summed E-state index contributed by atoms with van der Waals surface area (Å²) in [6, 6.07) is 3.72. The highest BCUT2D eigenvalue weighted by molar-refractivity contribution is 7.90. The van der Waals surface area contributed by atoms with Crippen LogP contribution in [0.5, 0.6) is 0 Å². The summed E-state index contributed by atoms with van der Waals surface area (Å²) >= 11 is 4.79. The molecule has 1 aromatic heterocycles. The molecule has 0 bridgehead atoms. The summed E-state index contributed by atoms with van der Waals surface area (Å²) in [7, 11) is 0. The van der Waals surface area contributed by atoms with Crippen molar-refractivity contribution in [1.82, 2.24) is 9.71 Å². The molecule has 0 radical (unpaired) electrons. The fourth-order valence-corrected chi connectivity index (χ4v) is 2.59. The molecule has 1 aromatic rings. The lowest BCUT2D eigenvalue weighted by Crippen LogP contribution is -2.49. The largest absolute Gasteiger partial charge is 0.598 e. The van der Waals surface area contributed by atoms with Gasteiger partial charge in [-0.05, 0) is 51.8 Å². The van der Waals surface area contributed by atoms with E-state index in [-0.39, 0.29) is 10.3 Å². The van der Waals surface area contributed by atoms with Crippen molar-refractivity contribution < 1.29 is 4.55 Å². The van der Waals surface area contributed by atoms with Crippen molar-refractivity contribution in [3.63, 3.8) is 0 Å². The molecule has 0 amide bonds. The molecule has 0 saturated carbocycles. The van der Waals surface area contributed by atoms with Crippen molar-refractivity contribution in [2.24, 2.45) is 0 Å². The van der Waals surface area contributed by atoms with Crippen LogP contribution in [0.25, 0.3) is 0 Å². The van der Waals surface area contributed by atoms with E-state index in [9.17, 15) is 4.55 Å². The molecule has 3 nitrogen and oxygen atoms in total. The van der Waals surface area contributed by atoms with Crippen molar-refractivity contribution in [3.05, 3.63) is 29.0 Å². The summed E-state index contributed by atoms with van der Waals surface area (Å²) in [5, 5.41) is 0.454. The van der Waals surface area contributed by atoms with Gasteiger partial charge in [-0.25, -0.2) is 4.98 Å². The maximum atomic E-state index is 12.2. The first-order chi connectivity index (χ1) is 8.19. The van der Waals surface area contributed by atoms with E-state index in [4.69, 9.17) is 11.6 Å². The Morgan fingerprint density at radius 3 is 2.44 bits per heavy atom. The zero-order valence-corrected chi connectivity index (χ0v) is 13.2. The van der Waals surface area contributed by atoms with Gasteiger partial charge in [0.2, 0.25) is 0 Å². The van der Waals surface area contributed by atoms with Crippen LogP contribution < -0.4 is 4.72 Å². The van der Waals surface area contributed by atoms with Crippen LogP contribution in [-0.2, 0) is 16.9 Å². The normalized spacial score (nSPS) is 17.3. The molecule has 0 aliphatic rings. The van der Waals surface area contributed by atoms with Crippen LogP contribution in [0.2, 0.25) is 5.15 Å². The second-order valence-corrected chi connectivity index (χ2v) is 7.89. The Balaban J connectivity index is 2.99. The van der Waals surface area contributed by atoms with Crippen molar-refractivity contribution >= 4 is 23.0 Å². The number of pyridine rings is 1. The van der Waals surface area contributed by atoms with E-state index < -0.39 is 11.4 Å². The number of halogens is 1.